The molecule has 0 heterocycles. The quantitative estimate of drug-likeness (QED) is 0.506. The molecule has 0 fully saturated rings. The molecular formula is C12H22O6. The van der Waals surface area contributed by atoms with E-state index in [4.69, 9.17) is 15.3 Å². The zero-order valence-corrected chi connectivity index (χ0v) is 10.7. The fourth-order valence-electron chi connectivity index (χ4n) is 1.20. The number of aliphatic carboxylic acids is 2. The lowest BCUT2D eigenvalue weighted by atomic mass is 9.97. The highest BCUT2D eigenvalue weighted by Crippen LogP contribution is 2.11. The minimum Gasteiger partial charge on any atom is -0.478 e. The number of carboxylic acids is 2. The smallest absolute Gasteiger partial charge is 0.328 e. The first-order valence-corrected chi connectivity index (χ1v) is 5.81. The minimum absolute atomic E-state index is 0.0833. The second-order valence-electron chi connectivity index (χ2n) is 3.72. The molecule has 0 saturated carbocycles. The molecule has 2 atom stereocenters. The van der Waals surface area contributed by atoms with Crippen molar-refractivity contribution in [1.29, 1.82) is 0 Å². The first-order valence-electron chi connectivity index (χ1n) is 5.81. The Balaban J connectivity index is 0. The summed E-state index contributed by atoms with van der Waals surface area (Å²) in [7, 11) is 0. The largest absolute Gasteiger partial charge is 0.478 e. The van der Waals surface area contributed by atoms with Gasteiger partial charge in [-0.1, -0.05) is 20.3 Å². The van der Waals surface area contributed by atoms with E-state index in [1.165, 1.54) is 0 Å². The van der Waals surface area contributed by atoms with Crippen molar-refractivity contribution in [1.82, 2.24) is 0 Å². The summed E-state index contributed by atoms with van der Waals surface area (Å²) in [6.07, 6.45) is 3.46. The summed E-state index contributed by atoms with van der Waals surface area (Å²) in [6.45, 7) is 4.13. The Bertz CT molecular complexity index is 241. The van der Waals surface area contributed by atoms with Crippen LogP contribution in [0, 0.1) is 5.92 Å². The number of hydrogen-bond acceptors (Lipinski definition) is 4. The Morgan fingerprint density at radius 3 is 1.78 bits per heavy atom. The SMILES string of the molecule is CCCC(O)C(CC)CO.O=C(O)/C=C/C(=O)O. The highest BCUT2D eigenvalue weighted by Gasteiger charge is 2.14. The van der Waals surface area contributed by atoms with Gasteiger partial charge in [-0.3, -0.25) is 0 Å². The average molecular weight is 262 g/mol. The molecule has 6 heteroatoms. The lowest BCUT2D eigenvalue weighted by molar-refractivity contribution is -0.134. The van der Waals surface area contributed by atoms with Crippen molar-refractivity contribution in [3.05, 3.63) is 12.2 Å². The Kier molecular flexibility index (Phi) is 12.7. The van der Waals surface area contributed by atoms with Gasteiger partial charge < -0.3 is 20.4 Å². The predicted octanol–water partition coefficient (Wildman–Crippen LogP) is 0.878. The number of carbonyl (C=O) groups is 2. The van der Waals surface area contributed by atoms with Crippen LogP contribution in [0.4, 0.5) is 0 Å². The number of aliphatic hydroxyl groups is 2. The molecule has 0 aliphatic rings. The number of carboxylic acid groups (broad SMARTS) is 2. The van der Waals surface area contributed by atoms with Gasteiger partial charge in [0.1, 0.15) is 0 Å². The average Bonchev–Trinajstić information content (AvgIpc) is 2.29. The Morgan fingerprint density at radius 2 is 1.56 bits per heavy atom. The molecule has 0 amide bonds. The highest BCUT2D eigenvalue weighted by atomic mass is 16.4. The molecular weight excluding hydrogens is 240 g/mol. The summed E-state index contributed by atoms with van der Waals surface area (Å²) in [6, 6.07) is 0. The molecule has 0 aliphatic heterocycles. The molecule has 2 unspecified atom stereocenters. The standard InChI is InChI=1S/C8H18O2.C4H4O4/c1-3-5-8(10)7(4-2)6-9;5-3(6)1-2-4(7)8/h7-10H,3-6H2,1-2H3;1-2H,(H,5,6)(H,7,8)/b;2-1+. The molecule has 0 aromatic rings. The van der Waals surface area contributed by atoms with Gasteiger partial charge in [0.25, 0.3) is 0 Å². The van der Waals surface area contributed by atoms with E-state index in [0.717, 1.165) is 19.3 Å². The van der Waals surface area contributed by atoms with E-state index in [1.54, 1.807) is 0 Å². The number of hydrogen-bond donors (Lipinski definition) is 4. The van der Waals surface area contributed by atoms with Crippen LogP contribution in [-0.2, 0) is 9.59 Å². The van der Waals surface area contributed by atoms with Gasteiger partial charge in [-0.25, -0.2) is 9.59 Å². The molecule has 0 aromatic heterocycles. The summed E-state index contributed by atoms with van der Waals surface area (Å²) in [5.74, 6) is -2.43. The van der Waals surface area contributed by atoms with Crippen LogP contribution in [0.2, 0.25) is 0 Å². The minimum atomic E-state index is -1.26. The Morgan fingerprint density at radius 1 is 1.11 bits per heavy atom. The lowest BCUT2D eigenvalue weighted by Crippen LogP contribution is -2.22. The van der Waals surface area contributed by atoms with E-state index >= 15 is 0 Å². The molecule has 6 nitrogen and oxygen atoms in total. The van der Waals surface area contributed by atoms with Gasteiger partial charge >= 0.3 is 11.9 Å². The first kappa shape index (κ1) is 19.0. The molecule has 0 aliphatic carbocycles. The van der Waals surface area contributed by atoms with Crippen molar-refractivity contribution in [2.45, 2.75) is 39.2 Å². The maximum atomic E-state index is 9.55. The Hall–Kier alpha value is -1.40. The fourth-order valence-corrected chi connectivity index (χ4v) is 1.20. The van der Waals surface area contributed by atoms with Crippen molar-refractivity contribution >= 4 is 11.9 Å². The van der Waals surface area contributed by atoms with E-state index in [1.807, 2.05) is 13.8 Å². The summed E-state index contributed by atoms with van der Waals surface area (Å²) in [4.78, 5) is 19.1. The molecule has 0 saturated heterocycles. The Labute approximate surface area is 107 Å². The van der Waals surface area contributed by atoms with Gasteiger partial charge in [0, 0.05) is 24.7 Å². The monoisotopic (exact) mass is 262 g/mol. The van der Waals surface area contributed by atoms with Crippen LogP contribution in [0.5, 0.6) is 0 Å². The molecule has 106 valence electrons. The molecule has 0 spiro atoms. The van der Waals surface area contributed by atoms with Crippen LogP contribution in [0.1, 0.15) is 33.1 Å². The third-order valence-electron chi connectivity index (χ3n) is 2.26. The number of rotatable bonds is 7. The summed E-state index contributed by atoms with van der Waals surface area (Å²) in [5.41, 5.74) is 0. The molecule has 0 bridgehead atoms. The van der Waals surface area contributed by atoms with Crippen LogP contribution in [0.25, 0.3) is 0 Å². The molecule has 0 aromatic carbocycles. The number of aliphatic hydroxyl groups excluding tert-OH is 2. The maximum absolute atomic E-state index is 9.55. The summed E-state index contributed by atoms with van der Waals surface area (Å²) >= 11 is 0. The summed E-state index contributed by atoms with van der Waals surface area (Å²) < 4.78 is 0. The van der Waals surface area contributed by atoms with E-state index in [-0.39, 0.29) is 18.6 Å². The second kappa shape index (κ2) is 12.1. The third kappa shape index (κ3) is 12.7. The van der Waals surface area contributed by atoms with Crippen LogP contribution in [0.15, 0.2) is 12.2 Å². The van der Waals surface area contributed by atoms with Crippen LogP contribution in [0.3, 0.4) is 0 Å². The summed E-state index contributed by atoms with van der Waals surface area (Å²) in [5, 5.41) is 33.7. The molecule has 4 N–H and O–H groups in total. The third-order valence-corrected chi connectivity index (χ3v) is 2.26. The maximum Gasteiger partial charge on any atom is 0.328 e. The van der Waals surface area contributed by atoms with Gasteiger partial charge in [-0.15, -0.1) is 0 Å². The van der Waals surface area contributed by atoms with Crippen LogP contribution < -0.4 is 0 Å². The topological polar surface area (TPSA) is 115 Å². The predicted molar refractivity (Wildman–Crippen MR) is 66.2 cm³/mol. The zero-order chi connectivity index (χ0) is 14.6. The van der Waals surface area contributed by atoms with Crippen molar-refractivity contribution in [3.63, 3.8) is 0 Å². The van der Waals surface area contributed by atoms with E-state index < -0.39 is 11.9 Å². The van der Waals surface area contributed by atoms with E-state index in [0.29, 0.717) is 12.2 Å². The fraction of sp³-hybridized carbons (Fsp3) is 0.667. The highest BCUT2D eigenvalue weighted by molar-refractivity contribution is 5.89. The van der Waals surface area contributed by atoms with Gasteiger partial charge in [0.2, 0.25) is 0 Å². The second-order valence-corrected chi connectivity index (χ2v) is 3.72. The zero-order valence-electron chi connectivity index (χ0n) is 10.7. The first-order chi connectivity index (χ1) is 8.38. The van der Waals surface area contributed by atoms with E-state index in [2.05, 4.69) is 0 Å². The van der Waals surface area contributed by atoms with Gasteiger partial charge in [0.05, 0.1) is 6.10 Å². The van der Waals surface area contributed by atoms with E-state index in [9.17, 15) is 14.7 Å². The normalized spacial score (nSPS) is 13.6. The van der Waals surface area contributed by atoms with Gasteiger partial charge in [-0.05, 0) is 12.8 Å². The lowest BCUT2D eigenvalue weighted by Gasteiger charge is -2.17. The van der Waals surface area contributed by atoms with Crippen LogP contribution >= 0.6 is 0 Å². The van der Waals surface area contributed by atoms with Crippen LogP contribution in [-0.4, -0.2) is 45.1 Å². The molecule has 0 rings (SSSR count). The van der Waals surface area contributed by atoms with Crippen molar-refractivity contribution in [3.8, 4) is 0 Å². The molecule has 0 radical (unpaired) electrons. The van der Waals surface area contributed by atoms with Crippen molar-refractivity contribution in [2.75, 3.05) is 6.61 Å². The molecule has 18 heavy (non-hydrogen) atoms. The van der Waals surface area contributed by atoms with Gasteiger partial charge in [-0.2, -0.15) is 0 Å². The van der Waals surface area contributed by atoms with Gasteiger partial charge in [0.15, 0.2) is 0 Å². The van der Waals surface area contributed by atoms with Crippen molar-refractivity contribution < 1.29 is 30.0 Å². The van der Waals surface area contributed by atoms with Crippen molar-refractivity contribution in [2.24, 2.45) is 5.92 Å².